The van der Waals surface area contributed by atoms with Crippen LogP contribution < -0.4 is 16.7 Å². The summed E-state index contributed by atoms with van der Waals surface area (Å²) in [6, 6.07) is 4.31. The number of anilines is 2. The first-order chi connectivity index (χ1) is 27.9. The second kappa shape index (κ2) is 17.1. The molecule has 2 amide bonds. The lowest BCUT2D eigenvalue weighted by Crippen LogP contribution is -2.53. The van der Waals surface area contributed by atoms with E-state index in [9.17, 15) is 31.9 Å². The van der Waals surface area contributed by atoms with E-state index in [-0.39, 0.29) is 46.7 Å². The SMILES string of the molecule is CC(C)(C)OC(=O)N1CCC(C)(N2CCC(Nc3cc(F)c(F)cc3N)CC2)C1.CC(C)(C)OC(=O)N1CCC(C)(N2CCC(n3c(=O)[nH]c4cc(F)c(F)cc43)CC2)C1. The number of H-pyrrole nitrogens is 1. The molecular formula is C43H62F4N8O5. The highest BCUT2D eigenvalue weighted by atomic mass is 19.2. The predicted molar refractivity (Wildman–Crippen MR) is 223 cm³/mol. The highest BCUT2D eigenvalue weighted by Crippen LogP contribution is 2.36. The molecule has 4 aliphatic heterocycles. The lowest BCUT2D eigenvalue weighted by atomic mass is 9.93. The van der Waals surface area contributed by atoms with E-state index in [1.807, 2.05) is 41.5 Å². The Kier molecular flexibility index (Phi) is 12.8. The summed E-state index contributed by atoms with van der Waals surface area (Å²) in [7, 11) is 0. The van der Waals surface area contributed by atoms with Gasteiger partial charge in [0.1, 0.15) is 11.2 Å². The first-order valence-corrected chi connectivity index (χ1v) is 21.0. The third-order valence-corrected chi connectivity index (χ3v) is 12.3. The van der Waals surface area contributed by atoms with E-state index >= 15 is 0 Å². The van der Waals surface area contributed by atoms with Crippen molar-refractivity contribution in [3.05, 3.63) is 58.0 Å². The summed E-state index contributed by atoms with van der Waals surface area (Å²) >= 11 is 0. The summed E-state index contributed by atoms with van der Waals surface area (Å²) in [4.78, 5) is 48.3. The molecule has 17 heteroatoms. The molecule has 0 spiro atoms. The van der Waals surface area contributed by atoms with Crippen molar-refractivity contribution in [2.75, 3.05) is 63.4 Å². The number of hydrogen-bond acceptors (Lipinski definition) is 9. The average molecular weight is 847 g/mol. The molecular weight excluding hydrogens is 785 g/mol. The molecule has 4 fully saturated rings. The number of nitrogens with one attached hydrogen (secondary N) is 2. The van der Waals surface area contributed by atoms with Gasteiger partial charge in [0.2, 0.25) is 0 Å². The van der Waals surface area contributed by atoms with Gasteiger partial charge in [0.15, 0.2) is 23.3 Å². The monoisotopic (exact) mass is 846 g/mol. The number of rotatable bonds is 5. The molecule has 7 rings (SSSR count). The number of likely N-dealkylation sites (tertiary alicyclic amines) is 4. The van der Waals surface area contributed by atoms with Gasteiger partial charge >= 0.3 is 17.9 Å². The van der Waals surface area contributed by atoms with E-state index in [1.54, 1.807) is 14.4 Å². The van der Waals surface area contributed by atoms with Crippen LogP contribution in [0.5, 0.6) is 0 Å². The highest BCUT2D eigenvalue weighted by Gasteiger charge is 2.44. The second-order valence-corrected chi connectivity index (χ2v) is 19.4. The van der Waals surface area contributed by atoms with Crippen LogP contribution in [0.2, 0.25) is 0 Å². The van der Waals surface area contributed by atoms with Crippen molar-refractivity contribution in [3.63, 3.8) is 0 Å². The van der Waals surface area contributed by atoms with Gasteiger partial charge in [0, 0.05) is 99.8 Å². The van der Waals surface area contributed by atoms with E-state index in [2.05, 4.69) is 33.9 Å². The molecule has 0 radical (unpaired) electrons. The van der Waals surface area contributed by atoms with Crippen LogP contribution in [-0.4, -0.2) is 122 Å². The molecule has 4 aliphatic rings. The number of nitrogen functional groups attached to an aromatic ring is 1. The second-order valence-electron chi connectivity index (χ2n) is 19.4. The summed E-state index contributed by atoms with van der Waals surface area (Å²) in [6.07, 6.45) is 4.37. The Morgan fingerprint density at radius 2 is 1.17 bits per heavy atom. The van der Waals surface area contributed by atoms with Crippen molar-refractivity contribution >= 4 is 34.6 Å². The zero-order chi connectivity index (χ0) is 43.9. The van der Waals surface area contributed by atoms with Crippen LogP contribution >= 0.6 is 0 Å². The number of carbonyl (C=O) groups excluding carboxylic acids is 2. The molecule has 0 bridgehead atoms. The van der Waals surface area contributed by atoms with Crippen molar-refractivity contribution in [3.8, 4) is 0 Å². The quantitative estimate of drug-likeness (QED) is 0.176. The van der Waals surface area contributed by atoms with Gasteiger partial charge in [0.05, 0.1) is 22.4 Å². The van der Waals surface area contributed by atoms with Crippen molar-refractivity contribution in [1.29, 1.82) is 0 Å². The van der Waals surface area contributed by atoms with Gasteiger partial charge in [-0.2, -0.15) is 0 Å². The fourth-order valence-electron chi connectivity index (χ4n) is 8.99. The molecule has 2 atom stereocenters. The molecule has 1 aromatic heterocycles. The van der Waals surface area contributed by atoms with Crippen LogP contribution in [0.3, 0.4) is 0 Å². The number of piperidine rings is 2. The van der Waals surface area contributed by atoms with Crippen LogP contribution in [-0.2, 0) is 9.47 Å². The number of nitrogens with two attached hydrogens (primary N) is 1. The molecule has 332 valence electrons. The Morgan fingerprint density at radius 1 is 0.717 bits per heavy atom. The lowest BCUT2D eigenvalue weighted by molar-refractivity contribution is 0.0217. The molecule has 4 N–H and O–H groups in total. The van der Waals surface area contributed by atoms with E-state index in [4.69, 9.17) is 15.2 Å². The zero-order valence-corrected chi connectivity index (χ0v) is 36.2. The molecule has 60 heavy (non-hydrogen) atoms. The predicted octanol–water partition coefficient (Wildman–Crippen LogP) is 7.47. The van der Waals surface area contributed by atoms with Gasteiger partial charge in [-0.3, -0.25) is 14.4 Å². The molecule has 0 aliphatic carbocycles. The van der Waals surface area contributed by atoms with Crippen LogP contribution in [0.25, 0.3) is 11.0 Å². The number of ether oxygens (including phenoxy) is 2. The maximum Gasteiger partial charge on any atom is 0.410 e. The topological polar surface area (TPSA) is 141 Å². The van der Waals surface area contributed by atoms with E-state index in [0.717, 1.165) is 76.1 Å². The van der Waals surface area contributed by atoms with Crippen molar-refractivity contribution < 1.29 is 36.6 Å². The Morgan fingerprint density at radius 3 is 1.67 bits per heavy atom. The Hall–Kier alpha value is -4.51. The number of aromatic nitrogens is 2. The first-order valence-electron chi connectivity index (χ1n) is 21.0. The number of carbonyl (C=O) groups is 2. The first kappa shape index (κ1) is 45.0. The number of halogens is 4. The van der Waals surface area contributed by atoms with Gasteiger partial charge in [0.25, 0.3) is 0 Å². The summed E-state index contributed by atoms with van der Waals surface area (Å²) < 4.78 is 66.6. The van der Waals surface area contributed by atoms with Crippen molar-refractivity contribution in [2.24, 2.45) is 0 Å². The minimum Gasteiger partial charge on any atom is -0.444 e. The number of amides is 2. The van der Waals surface area contributed by atoms with Crippen LogP contribution in [0.1, 0.15) is 100.0 Å². The van der Waals surface area contributed by atoms with E-state index in [1.165, 1.54) is 0 Å². The fraction of sp³-hybridized carbons (Fsp3) is 0.651. The third kappa shape index (κ3) is 10.3. The highest BCUT2D eigenvalue weighted by molar-refractivity contribution is 5.75. The largest absolute Gasteiger partial charge is 0.444 e. The Balaban J connectivity index is 0.000000202. The zero-order valence-electron chi connectivity index (χ0n) is 36.2. The standard InChI is InChI=1S/C22H30F2N4O3.C21H32F2N4O2/c1-21(2,3)31-20(30)26-10-7-22(4,13-26)27-8-5-14(6-9-27)28-18-12-16(24)15(23)11-17(18)25-19(28)29;1-20(2,3)29-19(28)26-10-7-21(4,13-26)27-8-5-14(6-9-27)25-18-12-16(23)15(22)11-17(18)24/h11-12,14H,5-10,13H2,1-4H3,(H,25,29);11-12,14,25H,5-10,13,24H2,1-4H3. The van der Waals surface area contributed by atoms with Gasteiger partial charge in [-0.25, -0.2) is 31.9 Å². The smallest absolute Gasteiger partial charge is 0.410 e. The molecule has 2 aromatic carbocycles. The minimum absolute atomic E-state index is 0.0805. The third-order valence-electron chi connectivity index (χ3n) is 12.3. The number of aromatic amines is 1. The minimum atomic E-state index is -0.973. The molecule has 5 heterocycles. The Labute approximate surface area is 349 Å². The normalized spacial score (nSPS) is 23.8. The Bertz CT molecular complexity index is 2100. The summed E-state index contributed by atoms with van der Waals surface area (Å²) in [5, 5.41) is 3.25. The number of fused-ring (bicyclic) bond motifs is 1. The average Bonchev–Trinajstić information content (AvgIpc) is 3.85. The van der Waals surface area contributed by atoms with E-state index < -0.39 is 34.5 Å². The van der Waals surface area contributed by atoms with Crippen LogP contribution in [0.15, 0.2) is 29.1 Å². The maximum absolute atomic E-state index is 13.8. The van der Waals surface area contributed by atoms with E-state index in [0.29, 0.717) is 55.7 Å². The molecule has 13 nitrogen and oxygen atoms in total. The summed E-state index contributed by atoms with van der Waals surface area (Å²) in [6.45, 7) is 21.4. The molecule has 2 unspecified atom stereocenters. The van der Waals surface area contributed by atoms with Crippen LogP contribution in [0.4, 0.5) is 38.5 Å². The molecule has 3 aromatic rings. The maximum atomic E-state index is 13.8. The number of benzene rings is 2. The van der Waals surface area contributed by atoms with Gasteiger partial charge < -0.3 is 35.3 Å². The van der Waals surface area contributed by atoms with Crippen LogP contribution in [0, 0.1) is 23.3 Å². The van der Waals surface area contributed by atoms with Crippen molar-refractivity contribution in [1.82, 2.24) is 29.2 Å². The van der Waals surface area contributed by atoms with Gasteiger partial charge in [-0.05, 0) is 93.9 Å². The lowest BCUT2D eigenvalue weighted by Gasteiger charge is -2.43. The van der Waals surface area contributed by atoms with Crippen molar-refractivity contribution in [2.45, 2.75) is 128 Å². The number of nitrogens with zero attached hydrogens (tertiary/aromatic N) is 5. The molecule has 0 saturated carbocycles. The summed E-state index contributed by atoms with van der Waals surface area (Å²) in [5.41, 5.74) is 5.56. The fourth-order valence-corrected chi connectivity index (χ4v) is 8.99. The van der Waals surface area contributed by atoms with Gasteiger partial charge in [-0.1, -0.05) is 0 Å². The number of hydrogen-bond donors (Lipinski definition) is 3. The van der Waals surface area contributed by atoms with Gasteiger partial charge in [-0.15, -0.1) is 0 Å². The number of imidazole rings is 1. The molecule has 4 saturated heterocycles. The summed E-state index contributed by atoms with van der Waals surface area (Å²) in [5.74, 6) is -3.77.